The van der Waals surface area contributed by atoms with Crippen LogP contribution in [-0.2, 0) is 16.6 Å². The van der Waals surface area contributed by atoms with Crippen molar-refractivity contribution in [3.8, 4) is 5.88 Å². The summed E-state index contributed by atoms with van der Waals surface area (Å²) in [7, 11) is 0. The van der Waals surface area contributed by atoms with Gasteiger partial charge in [0.05, 0.1) is 29.6 Å². The lowest BCUT2D eigenvalue weighted by atomic mass is 9.62. The fourth-order valence-corrected chi connectivity index (χ4v) is 4.93. The highest BCUT2D eigenvalue weighted by Gasteiger charge is 2.61. The summed E-state index contributed by atoms with van der Waals surface area (Å²) >= 11 is 0. The second-order valence-electron chi connectivity index (χ2n) is 9.48. The normalized spacial score (nSPS) is 24.6. The van der Waals surface area contributed by atoms with Gasteiger partial charge in [0.1, 0.15) is 5.82 Å². The van der Waals surface area contributed by atoms with Crippen LogP contribution in [0.4, 0.5) is 4.39 Å². The van der Waals surface area contributed by atoms with Gasteiger partial charge in [-0.2, -0.15) is 4.98 Å². The number of nitrogens with zero attached hydrogens (tertiary/aromatic N) is 3. The van der Waals surface area contributed by atoms with E-state index in [1.165, 1.54) is 6.07 Å². The average molecular weight is 423 g/mol. The molecule has 7 heteroatoms. The van der Waals surface area contributed by atoms with E-state index in [-0.39, 0.29) is 34.9 Å². The van der Waals surface area contributed by atoms with E-state index in [2.05, 4.69) is 11.9 Å². The van der Waals surface area contributed by atoms with Crippen LogP contribution in [-0.4, -0.2) is 38.5 Å². The number of imidazole rings is 1. The SMILES string of the molecule is Cc1cccc(C(=O)Cc2cn3cc(C45COC(C)(C4)C5)nc3nc2OC(C)C)c1F. The fraction of sp³-hybridized carbons (Fsp3) is 0.458. The van der Waals surface area contributed by atoms with Crippen molar-refractivity contribution in [1.29, 1.82) is 0 Å². The standard InChI is InChI=1S/C24H26FN3O3/c1-14(2)31-21-16(8-18(29)17-7-5-6-15(3)20(17)25)9-28-10-19(26-22(28)27-21)24-11-23(4,12-24)30-13-24/h5-7,9-10,14H,8,11-13H2,1-4H3. The number of benzene rings is 1. The molecule has 6 nitrogen and oxygen atoms in total. The molecule has 3 aliphatic rings. The van der Waals surface area contributed by atoms with Crippen molar-refractivity contribution in [2.24, 2.45) is 0 Å². The Morgan fingerprint density at radius 2 is 2.06 bits per heavy atom. The zero-order chi connectivity index (χ0) is 22.0. The van der Waals surface area contributed by atoms with Crippen LogP contribution < -0.4 is 4.74 Å². The lowest BCUT2D eigenvalue weighted by molar-refractivity contribution is 0.0154. The Labute approximate surface area is 180 Å². The second-order valence-corrected chi connectivity index (χ2v) is 9.48. The second kappa shape index (κ2) is 6.85. The number of Topliss-reactive ketones (excluding diaryl/α,β-unsaturated/α-hetero) is 1. The van der Waals surface area contributed by atoms with Gasteiger partial charge < -0.3 is 9.47 Å². The Morgan fingerprint density at radius 3 is 2.74 bits per heavy atom. The van der Waals surface area contributed by atoms with E-state index in [4.69, 9.17) is 14.5 Å². The molecule has 31 heavy (non-hydrogen) atoms. The number of rotatable bonds is 6. The van der Waals surface area contributed by atoms with E-state index < -0.39 is 5.82 Å². The van der Waals surface area contributed by atoms with Gasteiger partial charge in [-0.3, -0.25) is 9.20 Å². The van der Waals surface area contributed by atoms with Gasteiger partial charge in [-0.1, -0.05) is 12.1 Å². The van der Waals surface area contributed by atoms with Crippen molar-refractivity contribution >= 4 is 11.6 Å². The quantitative estimate of drug-likeness (QED) is 0.556. The molecule has 1 aliphatic carbocycles. The predicted octanol–water partition coefficient (Wildman–Crippen LogP) is 4.21. The first-order valence-corrected chi connectivity index (χ1v) is 10.7. The summed E-state index contributed by atoms with van der Waals surface area (Å²) in [4.78, 5) is 22.3. The highest BCUT2D eigenvalue weighted by molar-refractivity contribution is 5.98. The number of halogens is 1. The molecule has 0 atom stereocenters. The third-order valence-electron chi connectivity index (χ3n) is 6.34. The summed E-state index contributed by atoms with van der Waals surface area (Å²) in [5.74, 6) is 0.0955. The van der Waals surface area contributed by atoms with Gasteiger partial charge in [0.15, 0.2) is 5.78 Å². The van der Waals surface area contributed by atoms with Crippen molar-refractivity contribution in [3.63, 3.8) is 0 Å². The molecule has 0 radical (unpaired) electrons. The van der Waals surface area contributed by atoms with Gasteiger partial charge in [-0.15, -0.1) is 0 Å². The predicted molar refractivity (Wildman–Crippen MR) is 113 cm³/mol. The van der Waals surface area contributed by atoms with Gasteiger partial charge in [0.25, 0.3) is 0 Å². The smallest absolute Gasteiger partial charge is 0.237 e. The highest BCUT2D eigenvalue weighted by Crippen LogP contribution is 2.58. The van der Waals surface area contributed by atoms with Crippen molar-refractivity contribution < 1.29 is 18.7 Å². The van der Waals surface area contributed by atoms with Crippen molar-refractivity contribution in [2.45, 2.75) is 64.1 Å². The lowest BCUT2D eigenvalue weighted by Gasteiger charge is -2.41. The first-order chi connectivity index (χ1) is 14.7. The zero-order valence-electron chi connectivity index (χ0n) is 18.2. The molecule has 2 bridgehead atoms. The zero-order valence-corrected chi connectivity index (χ0v) is 18.2. The number of ether oxygens (including phenoxy) is 2. The number of hydrogen-bond acceptors (Lipinski definition) is 5. The lowest BCUT2D eigenvalue weighted by Crippen LogP contribution is -2.45. The maximum Gasteiger partial charge on any atom is 0.237 e. The first kappa shape index (κ1) is 20.1. The molecule has 3 aromatic rings. The van der Waals surface area contributed by atoms with Crippen LogP contribution in [0.25, 0.3) is 5.78 Å². The Kier molecular flexibility index (Phi) is 4.45. The van der Waals surface area contributed by atoms with Crippen LogP contribution in [0.3, 0.4) is 0 Å². The molecule has 0 N–H and O–H groups in total. The number of ketones is 1. The van der Waals surface area contributed by atoms with E-state index in [9.17, 15) is 9.18 Å². The average Bonchev–Trinajstić information content (AvgIpc) is 3.34. The fourth-order valence-electron chi connectivity index (χ4n) is 4.93. The molecular formula is C24H26FN3O3. The monoisotopic (exact) mass is 423 g/mol. The Balaban J connectivity index is 1.51. The minimum atomic E-state index is -0.480. The van der Waals surface area contributed by atoms with Gasteiger partial charge in [0.2, 0.25) is 11.7 Å². The number of hydrogen-bond donors (Lipinski definition) is 0. The minimum absolute atomic E-state index is 0.00873. The minimum Gasteiger partial charge on any atom is -0.475 e. The summed E-state index contributed by atoms with van der Waals surface area (Å²) < 4.78 is 28.1. The van der Waals surface area contributed by atoms with E-state index in [1.54, 1.807) is 19.1 Å². The van der Waals surface area contributed by atoms with Crippen LogP contribution in [0.5, 0.6) is 5.88 Å². The van der Waals surface area contributed by atoms with E-state index in [1.807, 2.05) is 30.6 Å². The van der Waals surface area contributed by atoms with Gasteiger partial charge in [0, 0.05) is 29.8 Å². The molecule has 4 heterocycles. The first-order valence-electron chi connectivity index (χ1n) is 10.7. The number of aromatic nitrogens is 3. The largest absolute Gasteiger partial charge is 0.475 e. The van der Waals surface area contributed by atoms with Crippen LogP contribution in [0.15, 0.2) is 30.6 Å². The third kappa shape index (κ3) is 3.31. The van der Waals surface area contributed by atoms with Crippen LogP contribution in [0.1, 0.15) is 60.8 Å². The van der Waals surface area contributed by atoms with Crippen LogP contribution in [0.2, 0.25) is 0 Å². The summed E-state index contributed by atoms with van der Waals surface area (Å²) in [5.41, 5.74) is 2.00. The summed E-state index contributed by atoms with van der Waals surface area (Å²) in [6.07, 6.45) is 5.58. The van der Waals surface area contributed by atoms with Crippen molar-refractivity contribution in [3.05, 3.63) is 58.8 Å². The topological polar surface area (TPSA) is 65.7 Å². The summed E-state index contributed by atoms with van der Waals surface area (Å²) in [6.45, 7) is 8.25. The molecule has 162 valence electrons. The molecule has 1 saturated carbocycles. The molecule has 3 fully saturated rings. The molecular weight excluding hydrogens is 397 g/mol. The van der Waals surface area contributed by atoms with Gasteiger partial charge >= 0.3 is 0 Å². The summed E-state index contributed by atoms with van der Waals surface area (Å²) in [6, 6.07) is 4.86. The molecule has 2 aliphatic heterocycles. The Hall–Kier alpha value is -2.80. The van der Waals surface area contributed by atoms with Gasteiger partial charge in [-0.25, -0.2) is 9.37 Å². The number of carbonyl (C=O) groups is 1. The Bertz CT molecular complexity index is 1190. The number of carbonyl (C=O) groups excluding carboxylic acids is 1. The maximum atomic E-state index is 14.5. The molecule has 0 amide bonds. The van der Waals surface area contributed by atoms with Crippen LogP contribution >= 0.6 is 0 Å². The molecule has 2 saturated heterocycles. The van der Waals surface area contributed by atoms with E-state index in [0.29, 0.717) is 29.4 Å². The van der Waals surface area contributed by atoms with Crippen molar-refractivity contribution in [1.82, 2.24) is 14.4 Å². The molecule has 0 unspecified atom stereocenters. The van der Waals surface area contributed by atoms with Crippen molar-refractivity contribution in [2.75, 3.05) is 6.61 Å². The number of fused-ring (bicyclic) bond motifs is 2. The molecule has 0 spiro atoms. The Morgan fingerprint density at radius 1 is 1.29 bits per heavy atom. The van der Waals surface area contributed by atoms with Gasteiger partial charge in [-0.05, 0) is 52.2 Å². The third-order valence-corrected chi connectivity index (χ3v) is 6.34. The van der Waals surface area contributed by atoms with Crippen LogP contribution in [0, 0.1) is 12.7 Å². The molecule has 6 rings (SSSR count). The van der Waals surface area contributed by atoms with E-state index in [0.717, 1.165) is 18.5 Å². The maximum absolute atomic E-state index is 14.5. The molecule has 1 aromatic carbocycles. The summed E-state index contributed by atoms with van der Waals surface area (Å²) in [5, 5.41) is 0. The molecule has 2 aromatic heterocycles. The number of aryl methyl sites for hydroxylation is 1. The van der Waals surface area contributed by atoms with E-state index >= 15 is 0 Å². The highest BCUT2D eigenvalue weighted by atomic mass is 19.1.